The number of aromatic nitrogens is 1. The Balaban J connectivity index is 2.13. The van der Waals surface area contributed by atoms with E-state index >= 15 is 0 Å². The summed E-state index contributed by atoms with van der Waals surface area (Å²) < 4.78 is 76.0. The number of ketones is 1. The zero-order valence-corrected chi connectivity index (χ0v) is 12.4. The summed E-state index contributed by atoms with van der Waals surface area (Å²) in [5, 5.41) is -0.630. The van der Waals surface area contributed by atoms with Gasteiger partial charge in [0.05, 0.1) is 10.9 Å². The lowest BCUT2D eigenvalue weighted by molar-refractivity contribution is -0.183. The van der Waals surface area contributed by atoms with E-state index in [-0.39, 0.29) is 25.7 Å². The van der Waals surface area contributed by atoms with Crippen molar-refractivity contribution in [2.45, 2.75) is 38.0 Å². The van der Waals surface area contributed by atoms with Gasteiger partial charge in [0.1, 0.15) is 5.69 Å². The van der Waals surface area contributed by atoms with Gasteiger partial charge in [0.2, 0.25) is 0 Å². The summed E-state index contributed by atoms with van der Waals surface area (Å²) in [4.78, 5) is 15.5. The normalized spacial score (nSPS) is 22.9. The number of carbonyl (C=O) groups is 1. The van der Waals surface area contributed by atoms with Crippen molar-refractivity contribution in [3.63, 3.8) is 0 Å². The molecule has 0 saturated heterocycles. The molecule has 0 aliphatic heterocycles. The van der Waals surface area contributed by atoms with E-state index in [1.165, 1.54) is 0 Å². The highest BCUT2D eigenvalue weighted by Gasteiger charge is 2.43. The quantitative estimate of drug-likeness (QED) is 0.529. The van der Waals surface area contributed by atoms with Crippen molar-refractivity contribution in [2.75, 3.05) is 0 Å². The monoisotopic (exact) mass is 359 g/mol. The van der Waals surface area contributed by atoms with Crippen molar-refractivity contribution in [3.05, 3.63) is 28.5 Å². The lowest BCUT2D eigenvalue weighted by atomic mass is 9.79. The van der Waals surface area contributed by atoms with Crippen LogP contribution in [-0.2, 0) is 6.18 Å². The molecule has 1 fully saturated rings. The van der Waals surface area contributed by atoms with Gasteiger partial charge in [-0.15, -0.1) is 0 Å². The highest BCUT2D eigenvalue weighted by atomic mass is 35.5. The standard InChI is InChI=1S/C14H12ClF6NO/c15-9-5-6-10(22-12(9)14(19,20)21)11(23)7-1-3-8(4-2-7)13(16,17)18/h5-8H,1-4H2. The van der Waals surface area contributed by atoms with Crippen LogP contribution >= 0.6 is 11.6 Å². The molecule has 23 heavy (non-hydrogen) atoms. The molecule has 0 amide bonds. The maximum Gasteiger partial charge on any atom is 0.434 e. The number of Topliss-reactive ketones (excluding diaryl/α,β-unsaturated/α-hetero) is 1. The van der Waals surface area contributed by atoms with Crippen LogP contribution in [0.3, 0.4) is 0 Å². The topological polar surface area (TPSA) is 30.0 Å². The zero-order chi connectivity index (χ0) is 17.4. The number of rotatable bonds is 2. The summed E-state index contributed by atoms with van der Waals surface area (Å²) in [5.74, 6) is -2.88. The van der Waals surface area contributed by atoms with Crippen LogP contribution in [0.15, 0.2) is 12.1 Å². The molecule has 0 aromatic carbocycles. The second kappa shape index (κ2) is 6.30. The number of nitrogens with zero attached hydrogens (tertiary/aromatic N) is 1. The number of hydrogen-bond acceptors (Lipinski definition) is 2. The van der Waals surface area contributed by atoms with Gasteiger partial charge >= 0.3 is 12.4 Å². The Morgan fingerprint density at radius 3 is 2.09 bits per heavy atom. The molecule has 9 heteroatoms. The Kier molecular flexibility index (Phi) is 4.94. The van der Waals surface area contributed by atoms with Crippen LogP contribution in [-0.4, -0.2) is 16.9 Å². The summed E-state index contributed by atoms with van der Waals surface area (Å²) in [5.41, 5.74) is -1.79. The number of pyridine rings is 1. The van der Waals surface area contributed by atoms with E-state index in [1.807, 2.05) is 0 Å². The third-order valence-electron chi connectivity index (χ3n) is 3.93. The van der Waals surface area contributed by atoms with Crippen molar-refractivity contribution < 1.29 is 31.1 Å². The van der Waals surface area contributed by atoms with Crippen molar-refractivity contribution >= 4 is 17.4 Å². The van der Waals surface area contributed by atoms with Crippen LogP contribution in [0.2, 0.25) is 5.02 Å². The molecule has 1 aromatic rings. The van der Waals surface area contributed by atoms with Gasteiger partial charge in [0.15, 0.2) is 11.5 Å². The van der Waals surface area contributed by atoms with E-state index in [2.05, 4.69) is 4.98 Å². The van der Waals surface area contributed by atoms with E-state index in [4.69, 9.17) is 11.6 Å². The first kappa shape index (κ1) is 18.0. The van der Waals surface area contributed by atoms with Crippen molar-refractivity contribution in [1.29, 1.82) is 0 Å². The molecular weight excluding hydrogens is 348 g/mol. The molecule has 2 nitrogen and oxygen atoms in total. The van der Waals surface area contributed by atoms with E-state index < -0.39 is 46.4 Å². The van der Waals surface area contributed by atoms with Crippen LogP contribution in [0.25, 0.3) is 0 Å². The molecule has 1 aliphatic rings. The molecule has 0 atom stereocenters. The SMILES string of the molecule is O=C(c1ccc(Cl)c(C(F)(F)F)n1)C1CCC(C(F)(F)F)CC1. The Hall–Kier alpha value is -1.31. The third-order valence-corrected chi connectivity index (χ3v) is 4.23. The summed E-state index contributed by atoms with van der Waals surface area (Å²) in [6.07, 6.45) is -9.57. The zero-order valence-electron chi connectivity index (χ0n) is 11.6. The highest BCUT2D eigenvalue weighted by Crippen LogP contribution is 2.40. The van der Waals surface area contributed by atoms with Crippen molar-refractivity contribution in [3.8, 4) is 0 Å². The first-order valence-electron chi connectivity index (χ1n) is 6.85. The summed E-state index contributed by atoms with van der Waals surface area (Å²) in [6.45, 7) is 0. The molecule has 0 bridgehead atoms. The fraction of sp³-hybridized carbons (Fsp3) is 0.571. The Bertz CT molecular complexity index is 590. The molecule has 0 N–H and O–H groups in total. The van der Waals surface area contributed by atoms with Gasteiger partial charge < -0.3 is 0 Å². The Morgan fingerprint density at radius 2 is 1.61 bits per heavy atom. The van der Waals surface area contributed by atoms with Crippen molar-refractivity contribution in [2.24, 2.45) is 11.8 Å². The lowest BCUT2D eigenvalue weighted by Crippen LogP contribution is -2.30. The van der Waals surface area contributed by atoms with Crippen LogP contribution in [0.5, 0.6) is 0 Å². The molecule has 0 radical (unpaired) electrons. The summed E-state index contributed by atoms with van der Waals surface area (Å²) >= 11 is 5.42. The van der Waals surface area contributed by atoms with Crippen molar-refractivity contribution in [1.82, 2.24) is 4.98 Å². The minimum atomic E-state index is -4.80. The molecule has 1 saturated carbocycles. The molecule has 0 spiro atoms. The molecule has 128 valence electrons. The number of carbonyl (C=O) groups excluding carboxylic acids is 1. The van der Waals surface area contributed by atoms with Crippen LogP contribution in [0.1, 0.15) is 41.9 Å². The van der Waals surface area contributed by atoms with Gasteiger partial charge in [-0.1, -0.05) is 11.6 Å². The van der Waals surface area contributed by atoms with Gasteiger partial charge in [0, 0.05) is 5.92 Å². The summed E-state index contributed by atoms with van der Waals surface area (Å²) in [7, 11) is 0. The second-order valence-electron chi connectivity index (χ2n) is 5.48. The number of alkyl halides is 6. The average Bonchev–Trinajstić information content (AvgIpc) is 2.45. The molecule has 2 rings (SSSR count). The molecule has 1 aromatic heterocycles. The predicted octanol–water partition coefficient (Wildman–Crippen LogP) is 5.31. The minimum absolute atomic E-state index is 0.0192. The van der Waals surface area contributed by atoms with Gasteiger partial charge in [-0.2, -0.15) is 26.3 Å². The second-order valence-corrected chi connectivity index (χ2v) is 5.89. The molecule has 1 heterocycles. The minimum Gasteiger partial charge on any atom is -0.292 e. The fourth-order valence-corrected chi connectivity index (χ4v) is 2.88. The Labute approximate surface area is 132 Å². The van der Waals surface area contributed by atoms with Crippen LogP contribution in [0, 0.1) is 11.8 Å². The fourth-order valence-electron chi connectivity index (χ4n) is 2.67. The van der Waals surface area contributed by atoms with Gasteiger partial charge in [-0.25, -0.2) is 4.98 Å². The highest BCUT2D eigenvalue weighted by molar-refractivity contribution is 6.31. The lowest BCUT2D eigenvalue weighted by Gasteiger charge is -2.28. The molecule has 0 unspecified atom stereocenters. The first-order chi connectivity index (χ1) is 10.5. The summed E-state index contributed by atoms with van der Waals surface area (Å²) in [6, 6.07) is 1.99. The number of hydrogen-bond donors (Lipinski definition) is 0. The van der Waals surface area contributed by atoms with E-state index in [9.17, 15) is 31.1 Å². The number of halogens is 7. The predicted molar refractivity (Wildman–Crippen MR) is 70.1 cm³/mol. The maximum absolute atomic E-state index is 12.7. The van der Waals surface area contributed by atoms with E-state index in [0.29, 0.717) is 0 Å². The van der Waals surface area contributed by atoms with Gasteiger partial charge in [0.25, 0.3) is 0 Å². The van der Waals surface area contributed by atoms with Gasteiger partial charge in [-0.3, -0.25) is 4.79 Å². The van der Waals surface area contributed by atoms with E-state index in [1.54, 1.807) is 0 Å². The maximum atomic E-state index is 12.7. The third kappa shape index (κ3) is 4.16. The first-order valence-corrected chi connectivity index (χ1v) is 7.22. The van der Waals surface area contributed by atoms with Crippen LogP contribution < -0.4 is 0 Å². The Morgan fingerprint density at radius 1 is 1.04 bits per heavy atom. The van der Waals surface area contributed by atoms with Gasteiger partial charge in [-0.05, 0) is 37.8 Å². The van der Waals surface area contributed by atoms with Crippen LogP contribution in [0.4, 0.5) is 26.3 Å². The van der Waals surface area contributed by atoms with E-state index in [0.717, 1.165) is 12.1 Å². The molecular formula is C14H12ClF6NO. The largest absolute Gasteiger partial charge is 0.434 e. The smallest absolute Gasteiger partial charge is 0.292 e. The average molecular weight is 360 g/mol. The molecule has 1 aliphatic carbocycles.